The molecule has 0 spiro atoms. The Hall–Kier alpha value is -3.44. The largest absolute Gasteiger partial charge is 0.480 e. The maximum absolute atomic E-state index is 12.1. The number of carboxylic acids is 1. The first-order valence-corrected chi connectivity index (χ1v) is 9.40. The van der Waals surface area contributed by atoms with Crippen molar-refractivity contribution in [1.29, 1.82) is 0 Å². The third kappa shape index (κ3) is 6.30. The first-order valence-electron chi connectivity index (χ1n) is 9.40. The molecule has 1 amide bonds. The summed E-state index contributed by atoms with van der Waals surface area (Å²) in [7, 11) is 0. The van der Waals surface area contributed by atoms with Crippen molar-refractivity contribution < 1.29 is 19.4 Å². The topological polar surface area (TPSA) is 75.6 Å². The molecule has 2 N–H and O–H groups in total. The molecular weight excluding hydrogens is 366 g/mol. The summed E-state index contributed by atoms with van der Waals surface area (Å²) in [6.45, 7) is 0.110. The van der Waals surface area contributed by atoms with Crippen LogP contribution < -0.4 is 5.32 Å². The Kier molecular flexibility index (Phi) is 7.14. The molecule has 0 aliphatic rings. The monoisotopic (exact) mass is 389 g/mol. The Bertz CT molecular complexity index is 924. The van der Waals surface area contributed by atoms with Gasteiger partial charge in [-0.25, -0.2) is 4.79 Å². The van der Waals surface area contributed by atoms with Gasteiger partial charge in [0.15, 0.2) is 0 Å². The summed E-state index contributed by atoms with van der Waals surface area (Å²) in [5.41, 5.74) is 3.94. The first kappa shape index (κ1) is 20.3. The summed E-state index contributed by atoms with van der Waals surface area (Å²) < 4.78 is 5.37. The van der Waals surface area contributed by atoms with Crippen molar-refractivity contribution >= 4 is 11.9 Å². The molecule has 0 fully saturated rings. The van der Waals surface area contributed by atoms with E-state index in [0.717, 1.165) is 22.3 Å². The Morgan fingerprint density at radius 1 is 0.793 bits per heavy atom. The van der Waals surface area contributed by atoms with E-state index in [2.05, 4.69) is 5.32 Å². The summed E-state index contributed by atoms with van der Waals surface area (Å²) in [6.07, 6.45) is 0.203. The molecule has 0 aliphatic carbocycles. The minimum atomic E-state index is -1.08. The van der Waals surface area contributed by atoms with E-state index < -0.39 is 17.9 Å². The number of nitrogens with one attached hydrogen (secondary N) is 1. The van der Waals surface area contributed by atoms with E-state index in [4.69, 9.17) is 4.74 Å². The number of carbonyl (C=O) groups is 2. The van der Waals surface area contributed by atoms with Gasteiger partial charge in [-0.2, -0.15) is 0 Å². The van der Waals surface area contributed by atoms with E-state index in [1.165, 1.54) is 0 Å². The van der Waals surface area contributed by atoms with E-state index in [9.17, 15) is 14.7 Å². The molecular formula is C24H23NO4. The lowest BCUT2D eigenvalue weighted by molar-refractivity contribution is -0.142. The van der Waals surface area contributed by atoms with Gasteiger partial charge in [-0.3, -0.25) is 4.79 Å². The molecule has 5 heteroatoms. The molecule has 148 valence electrons. The number of ether oxygens (including phenoxy) is 1. The minimum Gasteiger partial charge on any atom is -0.480 e. The Balaban J connectivity index is 1.53. The molecule has 0 saturated carbocycles. The number of hydrogen-bond acceptors (Lipinski definition) is 3. The average molecular weight is 389 g/mol. The highest BCUT2D eigenvalue weighted by Gasteiger charge is 2.20. The molecule has 3 aromatic rings. The summed E-state index contributed by atoms with van der Waals surface area (Å²) >= 11 is 0. The fourth-order valence-electron chi connectivity index (χ4n) is 2.97. The van der Waals surface area contributed by atoms with Gasteiger partial charge in [-0.15, -0.1) is 0 Å². The third-order valence-corrected chi connectivity index (χ3v) is 4.48. The molecule has 1 atom stereocenters. The van der Waals surface area contributed by atoms with E-state index in [0.29, 0.717) is 6.61 Å². The minimum absolute atomic E-state index is 0.189. The Morgan fingerprint density at radius 2 is 1.38 bits per heavy atom. The van der Waals surface area contributed by atoms with E-state index >= 15 is 0 Å². The molecule has 5 nitrogen and oxygen atoms in total. The lowest BCUT2D eigenvalue weighted by atomic mass is 10.0. The number of rotatable bonds is 9. The number of hydrogen-bond donors (Lipinski definition) is 2. The van der Waals surface area contributed by atoms with Crippen LogP contribution in [0.2, 0.25) is 0 Å². The SMILES string of the molecule is O=C(COCc1ccccc1)N[C@H](Cc1ccc(-c2ccccc2)cc1)C(=O)O. The quantitative estimate of drug-likeness (QED) is 0.585. The van der Waals surface area contributed by atoms with Crippen molar-refractivity contribution in [3.05, 3.63) is 96.1 Å². The van der Waals surface area contributed by atoms with Crippen LogP contribution in [0.4, 0.5) is 0 Å². The predicted molar refractivity (Wildman–Crippen MR) is 111 cm³/mol. The van der Waals surface area contributed by atoms with Gasteiger partial charge in [-0.05, 0) is 22.3 Å². The maximum Gasteiger partial charge on any atom is 0.326 e. The van der Waals surface area contributed by atoms with Gasteiger partial charge in [0.05, 0.1) is 6.61 Å². The standard InChI is InChI=1S/C24H23NO4/c26-23(17-29-16-19-7-3-1-4-8-19)25-22(24(27)28)15-18-11-13-21(14-12-18)20-9-5-2-6-10-20/h1-14,22H,15-17H2,(H,25,26)(H,27,28)/t22-/m1/s1. The molecule has 0 saturated heterocycles. The van der Waals surface area contributed by atoms with Crippen LogP contribution in [0.1, 0.15) is 11.1 Å². The van der Waals surface area contributed by atoms with Gasteiger partial charge in [0, 0.05) is 6.42 Å². The van der Waals surface area contributed by atoms with Crippen molar-refractivity contribution in [2.75, 3.05) is 6.61 Å². The molecule has 0 bridgehead atoms. The first-order chi connectivity index (χ1) is 14.1. The Morgan fingerprint density at radius 3 is 2.00 bits per heavy atom. The van der Waals surface area contributed by atoms with Crippen LogP contribution >= 0.6 is 0 Å². The van der Waals surface area contributed by atoms with Crippen LogP contribution in [-0.4, -0.2) is 29.6 Å². The number of carbonyl (C=O) groups excluding carboxylic acids is 1. The second kappa shape index (κ2) is 10.2. The van der Waals surface area contributed by atoms with Crippen molar-refractivity contribution in [3.8, 4) is 11.1 Å². The lowest BCUT2D eigenvalue weighted by Gasteiger charge is -2.15. The highest BCUT2D eigenvalue weighted by atomic mass is 16.5. The summed E-state index contributed by atoms with van der Waals surface area (Å²) in [4.78, 5) is 23.6. The average Bonchev–Trinajstić information content (AvgIpc) is 2.75. The van der Waals surface area contributed by atoms with Crippen LogP contribution in [0.5, 0.6) is 0 Å². The van der Waals surface area contributed by atoms with Crippen LogP contribution in [0.25, 0.3) is 11.1 Å². The van der Waals surface area contributed by atoms with Crippen LogP contribution in [0, 0.1) is 0 Å². The van der Waals surface area contributed by atoms with Gasteiger partial charge in [-0.1, -0.05) is 84.9 Å². The summed E-state index contributed by atoms with van der Waals surface area (Å²) in [5, 5.41) is 12.0. The van der Waals surface area contributed by atoms with Gasteiger partial charge in [0.25, 0.3) is 0 Å². The van der Waals surface area contributed by atoms with E-state index in [1.807, 2.05) is 84.9 Å². The van der Waals surface area contributed by atoms with E-state index in [-0.39, 0.29) is 13.0 Å². The van der Waals surface area contributed by atoms with Crippen molar-refractivity contribution in [1.82, 2.24) is 5.32 Å². The molecule has 0 heterocycles. The van der Waals surface area contributed by atoms with Gasteiger partial charge < -0.3 is 15.2 Å². The zero-order valence-corrected chi connectivity index (χ0v) is 16.0. The molecule has 0 radical (unpaired) electrons. The molecule has 0 aromatic heterocycles. The molecule has 3 rings (SSSR count). The summed E-state index contributed by atoms with van der Waals surface area (Å²) in [5.74, 6) is -1.53. The van der Waals surface area contributed by atoms with E-state index in [1.54, 1.807) is 0 Å². The van der Waals surface area contributed by atoms with Crippen molar-refractivity contribution in [2.24, 2.45) is 0 Å². The van der Waals surface area contributed by atoms with Crippen molar-refractivity contribution in [2.45, 2.75) is 19.1 Å². The number of amides is 1. The second-order valence-electron chi connectivity index (χ2n) is 6.70. The Labute approximate surface area is 170 Å². The zero-order chi connectivity index (χ0) is 20.5. The molecule has 29 heavy (non-hydrogen) atoms. The smallest absolute Gasteiger partial charge is 0.326 e. The molecule has 0 unspecified atom stereocenters. The number of aliphatic carboxylic acids is 1. The fraction of sp³-hybridized carbons (Fsp3) is 0.167. The highest BCUT2D eigenvalue weighted by molar-refractivity contribution is 5.84. The zero-order valence-electron chi connectivity index (χ0n) is 16.0. The fourth-order valence-corrected chi connectivity index (χ4v) is 2.97. The maximum atomic E-state index is 12.1. The predicted octanol–water partition coefficient (Wildman–Crippen LogP) is 3.68. The third-order valence-electron chi connectivity index (χ3n) is 4.48. The number of carboxylic acid groups (broad SMARTS) is 1. The normalized spacial score (nSPS) is 11.6. The highest BCUT2D eigenvalue weighted by Crippen LogP contribution is 2.19. The number of benzene rings is 3. The van der Waals surface area contributed by atoms with Gasteiger partial charge >= 0.3 is 5.97 Å². The molecule has 3 aromatic carbocycles. The van der Waals surface area contributed by atoms with Crippen LogP contribution in [-0.2, 0) is 27.4 Å². The summed E-state index contributed by atoms with van der Waals surface area (Å²) in [6, 6.07) is 26.1. The van der Waals surface area contributed by atoms with Crippen LogP contribution in [0.3, 0.4) is 0 Å². The lowest BCUT2D eigenvalue weighted by Crippen LogP contribution is -2.43. The molecule has 0 aliphatic heterocycles. The van der Waals surface area contributed by atoms with Gasteiger partial charge in [0.1, 0.15) is 12.6 Å². The van der Waals surface area contributed by atoms with Crippen molar-refractivity contribution in [3.63, 3.8) is 0 Å². The van der Waals surface area contributed by atoms with Gasteiger partial charge in [0.2, 0.25) is 5.91 Å². The van der Waals surface area contributed by atoms with Crippen LogP contribution in [0.15, 0.2) is 84.9 Å². The second-order valence-corrected chi connectivity index (χ2v) is 6.70.